The lowest BCUT2D eigenvalue weighted by molar-refractivity contribution is -0.122. The fraction of sp³-hybridized carbons (Fsp3) is 0.256. The number of nitrogens with zero attached hydrogens (tertiary/aromatic N) is 2. The SMILES string of the molecule is CCCOc1cc(OC)ccc1/C=C1\C(=O)NC(=O)N(c2cc3c4c(c2)[C@H](c2ccccc2)CCN4CC[C@@H]3c2ccccc2)C1=O. The van der Waals surface area contributed by atoms with Gasteiger partial charge < -0.3 is 14.4 Å². The fourth-order valence-corrected chi connectivity index (χ4v) is 7.11. The van der Waals surface area contributed by atoms with E-state index in [0.29, 0.717) is 29.4 Å². The summed E-state index contributed by atoms with van der Waals surface area (Å²) in [4.78, 5) is 44.6. The average Bonchev–Trinajstić information content (AvgIpc) is 3.10. The summed E-state index contributed by atoms with van der Waals surface area (Å²) in [6.07, 6.45) is 4.10. The minimum Gasteiger partial charge on any atom is -0.497 e. The van der Waals surface area contributed by atoms with Crippen molar-refractivity contribution in [2.75, 3.05) is 36.6 Å². The first-order valence-corrected chi connectivity index (χ1v) is 16.2. The molecule has 0 spiro atoms. The van der Waals surface area contributed by atoms with Gasteiger partial charge in [-0.2, -0.15) is 0 Å². The van der Waals surface area contributed by atoms with Gasteiger partial charge in [0, 0.05) is 42.2 Å². The first-order valence-electron chi connectivity index (χ1n) is 16.2. The highest BCUT2D eigenvalue weighted by Crippen LogP contribution is 2.50. The first kappa shape index (κ1) is 30.3. The van der Waals surface area contributed by atoms with Crippen molar-refractivity contribution in [3.63, 3.8) is 0 Å². The summed E-state index contributed by atoms with van der Waals surface area (Å²) in [5.74, 6) is -0.173. The average molecular weight is 628 g/mol. The van der Waals surface area contributed by atoms with Crippen molar-refractivity contribution in [1.82, 2.24) is 5.32 Å². The van der Waals surface area contributed by atoms with E-state index in [1.807, 2.05) is 55.5 Å². The second-order valence-electron chi connectivity index (χ2n) is 12.2. The van der Waals surface area contributed by atoms with E-state index in [1.54, 1.807) is 25.3 Å². The third-order valence-electron chi connectivity index (χ3n) is 9.34. The quantitative estimate of drug-likeness (QED) is 0.167. The lowest BCUT2D eigenvalue weighted by Crippen LogP contribution is -2.54. The number of imide groups is 2. The number of methoxy groups -OCH3 is 1. The molecule has 0 saturated carbocycles. The predicted molar refractivity (Wildman–Crippen MR) is 182 cm³/mol. The molecule has 0 bridgehead atoms. The van der Waals surface area contributed by atoms with Crippen LogP contribution in [0.15, 0.2) is 96.6 Å². The molecule has 0 aliphatic carbocycles. The molecule has 0 unspecified atom stereocenters. The normalized spacial score (nSPS) is 19.8. The Hall–Kier alpha value is -5.37. The highest BCUT2D eigenvalue weighted by Gasteiger charge is 2.40. The van der Waals surface area contributed by atoms with Crippen LogP contribution in [0.2, 0.25) is 0 Å². The molecule has 0 radical (unpaired) electrons. The summed E-state index contributed by atoms with van der Waals surface area (Å²) >= 11 is 0. The summed E-state index contributed by atoms with van der Waals surface area (Å²) in [5.41, 5.74) is 6.58. The molecule has 4 amide bonds. The van der Waals surface area contributed by atoms with Crippen molar-refractivity contribution in [2.45, 2.75) is 38.0 Å². The number of benzene rings is 4. The summed E-state index contributed by atoms with van der Waals surface area (Å²) in [5, 5.41) is 2.42. The number of amides is 4. The predicted octanol–water partition coefficient (Wildman–Crippen LogP) is 7.03. The number of carbonyl (C=O) groups is 3. The maximum absolute atomic E-state index is 14.2. The van der Waals surface area contributed by atoms with Crippen molar-refractivity contribution in [3.8, 4) is 11.5 Å². The van der Waals surface area contributed by atoms with Gasteiger partial charge in [-0.3, -0.25) is 14.9 Å². The van der Waals surface area contributed by atoms with Crippen LogP contribution in [0.4, 0.5) is 16.2 Å². The Kier molecular flexibility index (Phi) is 8.24. The molecule has 8 nitrogen and oxygen atoms in total. The summed E-state index contributed by atoms with van der Waals surface area (Å²) in [6.45, 7) is 4.30. The molecule has 0 aromatic heterocycles. The number of hydrogen-bond acceptors (Lipinski definition) is 6. The van der Waals surface area contributed by atoms with Gasteiger partial charge in [-0.15, -0.1) is 0 Å². The number of rotatable bonds is 8. The Morgan fingerprint density at radius 1 is 0.830 bits per heavy atom. The molecule has 1 N–H and O–H groups in total. The summed E-state index contributed by atoms with van der Waals surface area (Å²) in [6, 6.07) is 29.2. The van der Waals surface area contributed by atoms with Crippen LogP contribution < -0.4 is 24.6 Å². The number of hydrogen-bond donors (Lipinski definition) is 1. The molecule has 1 fully saturated rings. The Morgan fingerprint density at radius 3 is 2.02 bits per heavy atom. The largest absolute Gasteiger partial charge is 0.497 e. The van der Waals surface area contributed by atoms with Crippen molar-refractivity contribution in [1.29, 1.82) is 0 Å². The van der Waals surface area contributed by atoms with E-state index in [0.717, 1.165) is 48.4 Å². The van der Waals surface area contributed by atoms with Gasteiger partial charge in [0.2, 0.25) is 0 Å². The lowest BCUT2D eigenvalue weighted by atomic mass is 9.76. The van der Waals surface area contributed by atoms with Gasteiger partial charge in [-0.25, -0.2) is 9.69 Å². The highest BCUT2D eigenvalue weighted by molar-refractivity contribution is 6.39. The van der Waals surface area contributed by atoms with Crippen molar-refractivity contribution < 1.29 is 23.9 Å². The number of urea groups is 1. The van der Waals surface area contributed by atoms with Crippen molar-refractivity contribution >= 4 is 35.3 Å². The Balaban J connectivity index is 1.36. The van der Waals surface area contributed by atoms with Crippen LogP contribution in [-0.2, 0) is 9.59 Å². The molecule has 238 valence electrons. The topological polar surface area (TPSA) is 88.2 Å². The Labute approximate surface area is 274 Å². The monoisotopic (exact) mass is 627 g/mol. The van der Waals surface area contributed by atoms with E-state index >= 15 is 0 Å². The molecule has 1 saturated heterocycles. The molecule has 2 atom stereocenters. The molecule has 4 aromatic rings. The highest BCUT2D eigenvalue weighted by atomic mass is 16.5. The van der Waals surface area contributed by atoms with Crippen molar-refractivity contribution in [3.05, 3.63) is 124 Å². The number of barbiturate groups is 1. The van der Waals surface area contributed by atoms with E-state index in [4.69, 9.17) is 9.47 Å². The molecule has 47 heavy (non-hydrogen) atoms. The van der Waals surface area contributed by atoms with Crippen LogP contribution in [0, 0.1) is 0 Å². The maximum Gasteiger partial charge on any atom is 0.335 e. The van der Waals surface area contributed by atoms with Crippen LogP contribution in [0.5, 0.6) is 11.5 Å². The summed E-state index contributed by atoms with van der Waals surface area (Å²) in [7, 11) is 1.56. The van der Waals surface area contributed by atoms with Crippen LogP contribution in [0.3, 0.4) is 0 Å². The standard InChI is InChI=1S/C39H37N3O5/c1-3-20-47-35-24-29(46-2)15-14-27(35)21-34-37(43)40-39(45)42(38(34)44)28-22-32-30(25-10-6-4-7-11-25)16-18-41-19-17-31(33(23-28)36(32)41)26-12-8-5-9-13-26/h4-15,21-24,30-31H,3,16-20H2,1-2H3,(H,40,43,45)/b34-21+/t30-,31+. The van der Waals surface area contributed by atoms with Gasteiger partial charge in [0.1, 0.15) is 17.1 Å². The van der Waals surface area contributed by atoms with E-state index in [-0.39, 0.29) is 17.4 Å². The van der Waals surface area contributed by atoms with Crippen LogP contribution >= 0.6 is 0 Å². The van der Waals surface area contributed by atoms with E-state index in [2.05, 4.69) is 34.5 Å². The third kappa shape index (κ3) is 5.65. The van der Waals surface area contributed by atoms with E-state index in [9.17, 15) is 14.4 Å². The molecule has 3 heterocycles. The molecular weight excluding hydrogens is 590 g/mol. The van der Waals surface area contributed by atoms with Crippen LogP contribution in [-0.4, -0.2) is 44.7 Å². The van der Waals surface area contributed by atoms with Gasteiger partial charge in [-0.05, 0) is 71.9 Å². The smallest absolute Gasteiger partial charge is 0.335 e. The van der Waals surface area contributed by atoms with Crippen molar-refractivity contribution in [2.24, 2.45) is 0 Å². The zero-order valence-electron chi connectivity index (χ0n) is 26.6. The zero-order chi connectivity index (χ0) is 32.5. The lowest BCUT2D eigenvalue weighted by Gasteiger charge is -2.44. The van der Waals surface area contributed by atoms with Gasteiger partial charge >= 0.3 is 6.03 Å². The van der Waals surface area contributed by atoms with E-state index in [1.165, 1.54) is 22.9 Å². The zero-order valence-corrected chi connectivity index (χ0v) is 26.6. The van der Waals surface area contributed by atoms with Gasteiger partial charge in [0.25, 0.3) is 11.8 Å². The fourth-order valence-electron chi connectivity index (χ4n) is 7.11. The Bertz CT molecular complexity index is 1800. The summed E-state index contributed by atoms with van der Waals surface area (Å²) < 4.78 is 11.3. The maximum atomic E-state index is 14.2. The number of anilines is 2. The Morgan fingerprint density at radius 2 is 1.45 bits per heavy atom. The third-order valence-corrected chi connectivity index (χ3v) is 9.34. The molecule has 3 aliphatic heterocycles. The molecule has 7 rings (SSSR count). The van der Waals surface area contributed by atoms with Gasteiger partial charge in [0.05, 0.1) is 19.4 Å². The second kappa shape index (κ2) is 12.8. The number of carbonyl (C=O) groups excluding carboxylic acids is 3. The van der Waals surface area contributed by atoms with E-state index < -0.39 is 17.8 Å². The van der Waals surface area contributed by atoms with Crippen LogP contribution in [0.25, 0.3) is 6.08 Å². The molecule has 3 aliphatic rings. The number of ether oxygens (including phenoxy) is 2. The first-order chi connectivity index (χ1) is 23.0. The molecule has 8 heteroatoms. The number of nitrogens with one attached hydrogen (secondary N) is 1. The van der Waals surface area contributed by atoms with Crippen LogP contribution in [0.1, 0.15) is 65.8 Å². The molecular formula is C39H37N3O5. The second-order valence-corrected chi connectivity index (χ2v) is 12.2. The van der Waals surface area contributed by atoms with Gasteiger partial charge in [0.15, 0.2) is 0 Å². The minimum atomic E-state index is -0.766. The minimum absolute atomic E-state index is 0.0906. The van der Waals surface area contributed by atoms with Gasteiger partial charge in [-0.1, -0.05) is 67.6 Å². The molecule has 4 aromatic carbocycles.